The maximum atomic E-state index is 14.0. The number of rotatable bonds is 8. The van der Waals surface area contributed by atoms with Gasteiger partial charge >= 0.3 is 0 Å². The Bertz CT molecular complexity index is 1120. The van der Waals surface area contributed by atoms with Crippen LogP contribution >= 0.6 is 11.3 Å². The Morgan fingerprint density at radius 1 is 1.00 bits per heavy atom. The molecule has 4 rings (SSSR count). The highest BCUT2D eigenvalue weighted by atomic mass is 32.2. The third-order valence-corrected chi connectivity index (χ3v) is 8.20. The lowest BCUT2D eigenvalue weighted by molar-refractivity contribution is -0.133. The molecule has 1 saturated heterocycles. The second-order valence-corrected chi connectivity index (χ2v) is 10.5. The topological polar surface area (TPSA) is 74.1 Å². The molecular weight excluding hydrogens is 472 g/mol. The largest absolute Gasteiger partial charge is 0.468 e. The van der Waals surface area contributed by atoms with Gasteiger partial charge in [0.05, 0.1) is 19.4 Å². The van der Waals surface area contributed by atoms with Crippen LogP contribution in [0.3, 0.4) is 0 Å². The molecule has 1 fully saturated rings. The van der Waals surface area contributed by atoms with E-state index in [4.69, 9.17) is 4.42 Å². The van der Waals surface area contributed by atoms with Crippen LogP contribution in [0.4, 0.5) is 8.78 Å². The van der Waals surface area contributed by atoms with Gasteiger partial charge in [0.15, 0.2) is 4.90 Å². The van der Waals surface area contributed by atoms with Gasteiger partial charge in [-0.05, 0) is 35.7 Å². The van der Waals surface area contributed by atoms with Crippen LogP contribution in [0.1, 0.15) is 10.6 Å². The first-order valence-electron chi connectivity index (χ1n) is 10.3. The number of hydrogen-bond acceptors (Lipinski definition) is 6. The number of amides is 1. The van der Waals surface area contributed by atoms with Gasteiger partial charge in [0.1, 0.15) is 17.4 Å². The summed E-state index contributed by atoms with van der Waals surface area (Å²) in [6.07, 6.45) is 1.58. The van der Waals surface area contributed by atoms with Crippen molar-refractivity contribution in [2.24, 2.45) is 0 Å². The van der Waals surface area contributed by atoms with Crippen molar-refractivity contribution in [2.75, 3.05) is 32.7 Å². The molecular formula is C22H23F2N3O4S2. The molecule has 176 valence electrons. The average molecular weight is 496 g/mol. The number of furan rings is 1. The molecule has 0 N–H and O–H groups in total. The van der Waals surface area contributed by atoms with Crippen LogP contribution in [0.25, 0.3) is 0 Å². The van der Waals surface area contributed by atoms with Crippen molar-refractivity contribution < 1.29 is 26.4 Å². The molecule has 1 amide bonds. The molecule has 0 saturated carbocycles. The van der Waals surface area contributed by atoms with Crippen LogP contribution in [-0.2, 0) is 27.9 Å². The summed E-state index contributed by atoms with van der Waals surface area (Å²) >= 11 is 1.60. The second-order valence-electron chi connectivity index (χ2n) is 7.64. The van der Waals surface area contributed by atoms with E-state index >= 15 is 0 Å². The molecule has 1 aliphatic rings. The van der Waals surface area contributed by atoms with Crippen LogP contribution in [0.15, 0.2) is 63.4 Å². The third-order valence-electron chi connectivity index (χ3n) is 5.39. The summed E-state index contributed by atoms with van der Waals surface area (Å²) < 4.78 is 60.0. The van der Waals surface area contributed by atoms with Crippen molar-refractivity contribution >= 4 is 27.3 Å². The summed E-state index contributed by atoms with van der Waals surface area (Å²) in [5.74, 6) is -1.67. The van der Waals surface area contributed by atoms with Gasteiger partial charge in [0, 0.05) is 37.6 Å². The Morgan fingerprint density at radius 3 is 2.33 bits per heavy atom. The average Bonchev–Trinajstić information content (AvgIpc) is 3.48. The van der Waals surface area contributed by atoms with Crippen LogP contribution in [-0.4, -0.2) is 61.2 Å². The van der Waals surface area contributed by atoms with E-state index in [0.29, 0.717) is 13.1 Å². The van der Waals surface area contributed by atoms with E-state index in [1.165, 1.54) is 0 Å². The summed E-state index contributed by atoms with van der Waals surface area (Å²) in [7, 11) is -4.34. The number of halogens is 2. The molecule has 3 heterocycles. The lowest BCUT2D eigenvalue weighted by atomic mass is 10.3. The van der Waals surface area contributed by atoms with Crippen molar-refractivity contribution in [3.63, 3.8) is 0 Å². The Balaban J connectivity index is 1.39. The molecule has 0 bridgehead atoms. The first-order chi connectivity index (χ1) is 15.8. The van der Waals surface area contributed by atoms with Crippen LogP contribution < -0.4 is 0 Å². The fraction of sp³-hybridized carbons (Fsp3) is 0.318. The normalized spacial score (nSPS) is 15.3. The highest BCUT2D eigenvalue weighted by molar-refractivity contribution is 7.89. The molecule has 1 aromatic carbocycles. The lowest BCUT2D eigenvalue weighted by Crippen LogP contribution is -2.52. The quantitative estimate of drug-likeness (QED) is 0.480. The molecule has 11 heteroatoms. The number of nitrogens with zero attached hydrogens (tertiary/aromatic N) is 3. The fourth-order valence-electron chi connectivity index (χ4n) is 3.74. The zero-order valence-corrected chi connectivity index (χ0v) is 19.3. The number of benzene rings is 1. The minimum Gasteiger partial charge on any atom is -0.468 e. The first kappa shape index (κ1) is 23.6. The maximum Gasteiger partial charge on any atom is 0.249 e. The summed E-state index contributed by atoms with van der Waals surface area (Å²) in [6.45, 7) is 1.37. The molecule has 0 radical (unpaired) electrons. The van der Waals surface area contributed by atoms with Crippen LogP contribution in [0.5, 0.6) is 0 Å². The van der Waals surface area contributed by atoms with E-state index in [1.54, 1.807) is 28.6 Å². The Hall–Kier alpha value is -2.60. The Morgan fingerprint density at radius 2 is 1.73 bits per heavy atom. The first-order valence-corrected chi connectivity index (χ1v) is 12.7. The van der Waals surface area contributed by atoms with Gasteiger partial charge in [-0.1, -0.05) is 12.1 Å². The summed E-state index contributed by atoms with van der Waals surface area (Å²) in [5.41, 5.74) is 0. The van der Waals surface area contributed by atoms with E-state index in [0.717, 1.165) is 33.1 Å². The van der Waals surface area contributed by atoms with E-state index < -0.39 is 26.6 Å². The minimum atomic E-state index is -4.34. The molecule has 0 atom stereocenters. The van der Waals surface area contributed by atoms with Crippen LogP contribution in [0.2, 0.25) is 0 Å². The third kappa shape index (κ3) is 5.49. The van der Waals surface area contributed by atoms with Gasteiger partial charge in [0.25, 0.3) is 0 Å². The fourth-order valence-corrected chi connectivity index (χ4v) is 6.02. The van der Waals surface area contributed by atoms with Gasteiger partial charge in [-0.3, -0.25) is 9.69 Å². The van der Waals surface area contributed by atoms with Gasteiger partial charge in [-0.25, -0.2) is 17.2 Å². The Labute approximate surface area is 194 Å². The van der Waals surface area contributed by atoms with Crippen molar-refractivity contribution in [1.29, 1.82) is 0 Å². The highest BCUT2D eigenvalue weighted by Gasteiger charge is 2.34. The van der Waals surface area contributed by atoms with Crippen molar-refractivity contribution in [2.45, 2.75) is 18.0 Å². The van der Waals surface area contributed by atoms with E-state index in [2.05, 4.69) is 0 Å². The smallest absolute Gasteiger partial charge is 0.249 e. The number of piperazine rings is 1. The number of carbonyl (C=O) groups is 1. The molecule has 0 unspecified atom stereocenters. The van der Waals surface area contributed by atoms with E-state index in [1.807, 2.05) is 28.5 Å². The van der Waals surface area contributed by atoms with Crippen molar-refractivity contribution in [3.05, 3.63) is 76.4 Å². The molecule has 0 aliphatic carbocycles. The highest BCUT2D eigenvalue weighted by Crippen LogP contribution is 2.24. The number of sulfonamides is 1. The molecule has 33 heavy (non-hydrogen) atoms. The van der Waals surface area contributed by atoms with Crippen molar-refractivity contribution in [3.8, 4) is 0 Å². The van der Waals surface area contributed by atoms with Crippen LogP contribution in [0, 0.1) is 11.6 Å². The van der Waals surface area contributed by atoms with Crippen molar-refractivity contribution in [1.82, 2.24) is 14.1 Å². The maximum absolute atomic E-state index is 14.0. The molecule has 1 aliphatic heterocycles. The summed E-state index contributed by atoms with van der Waals surface area (Å²) in [5, 5.41) is 1.97. The lowest BCUT2D eigenvalue weighted by Gasteiger charge is -2.35. The van der Waals surface area contributed by atoms with Gasteiger partial charge in [0.2, 0.25) is 15.9 Å². The van der Waals surface area contributed by atoms with Gasteiger partial charge in [-0.2, -0.15) is 4.31 Å². The summed E-state index contributed by atoms with van der Waals surface area (Å²) in [6, 6.07) is 10.5. The van der Waals surface area contributed by atoms with Gasteiger partial charge in [-0.15, -0.1) is 11.3 Å². The molecule has 3 aromatic rings. The predicted molar refractivity (Wildman–Crippen MR) is 119 cm³/mol. The van der Waals surface area contributed by atoms with E-state index in [9.17, 15) is 22.0 Å². The standard InChI is InChI=1S/C22H23F2N3O4S2/c23-19-6-1-7-20(24)22(19)33(29,30)27-10-8-26(9-11-27)21(28)16-25(14-17-4-2-12-31-17)15-18-5-3-13-32-18/h1-7,12-13H,8-11,14-16H2. The zero-order chi connectivity index (χ0) is 23.4. The zero-order valence-electron chi connectivity index (χ0n) is 17.7. The minimum absolute atomic E-state index is 0.0367. The van der Waals surface area contributed by atoms with Gasteiger partial charge < -0.3 is 9.32 Å². The number of hydrogen-bond donors (Lipinski definition) is 0. The number of carbonyl (C=O) groups excluding carboxylic acids is 1. The van der Waals surface area contributed by atoms with E-state index in [-0.39, 0.29) is 38.6 Å². The molecule has 2 aromatic heterocycles. The second kappa shape index (κ2) is 10.1. The SMILES string of the molecule is O=C(CN(Cc1ccco1)Cc1cccs1)N1CCN(S(=O)(=O)c2c(F)cccc2F)CC1. The summed E-state index contributed by atoms with van der Waals surface area (Å²) in [4.78, 5) is 16.7. The Kier molecular flexibility index (Phi) is 7.23. The predicted octanol–water partition coefficient (Wildman–Crippen LogP) is 3.15. The number of thiophene rings is 1. The monoisotopic (exact) mass is 495 g/mol. The molecule has 7 nitrogen and oxygen atoms in total. The molecule has 0 spiro atoms.